The lowest BCUT2D eigenvalue weighted by Crippen LogP contribution is -2.43. The molecule has 1 aliphatic heterocycles. The van der Waals surface area contributed by atoms with E-state index < -0.39 is 45.1 Å². The van der Waals surface area contributed by atoms with Crippen LogP contribution in [0.15, 0.2) is 41.3 Å². The van der Waals surface area contributed by atoms with Crippen molar-refractivity contribution in [1.82, 2.24) is 4.31 Å². The lowest BCUT2D eigenvalue weighted by molar-refractivity contribution is -0.119. The van der Waals surface area contributed by atoms with Crippen LogP contribution in [0.1, 0.15) is 18.4 Å². The van der Waals surface area contributed by atoms with Crippen LogP contribution in [0.25, 0.3) is 0 Å². The van der Waals surface area contributed by atoms with Crippen LogP contribution >= 0.6 is 0 Å². The Morgan fingerprint density at radius 2 is 1.74 bits per heavy atom. The average Bonchev–Trinajstić information content (AvgIpc) is 3.13. The lowest BCUT2D eigenvalue weighted by atomic mass is 10.2. The van der Waals surface area contributed by atoms with Gasteiger partial charge in [0.15, 0.2) is 17.5 Å². The van der Waals surface area contributed by atoms with E-state index in [4.69, 9.17) is 0 Å². The number of amides is 1. The highest BCUT2D eigenvalue weighted by Crippen LogP contribution is 2.28. The van der Waals surface area contributed by atoms with E-state index >= 15 is 0 Å². The van der Waals surface area contributed by atoms with Gasteiger partial charge in [-0.3, -0.25) is 4.79 Å². The van der Waals surface area contributed by atoms with Crippen molar-refractivity contribution in [2.24, 2.45) is 0 Å². The minimum atomic E-state index is -3.92. The minimum absolute atomic E-state index is 0.0480. The fourth-order valence-corrected chi connectivity index (χ4v) is 4.63. The van der Waals surface area contributed by atoms with Gasteiger partial charge in [0.05, 0.1) is 10.6 Å². The SMILES string of the molecule is Cc1ccc(S(=O)(=O)N2CCCC2C(=O)Nc2ccc(F)c(F)c2F)cc1. The zero-order valence-electron chi connectivity index (χ0n) is 14.4. The summed E-state index contributed by atoms with van der Waals surface area (Å²) in [5, 5.41) is 2.16. The van der Waals surface area contributed by atoms with Crippen molar-refractivity contribution in [3.63, 3.8) is 0 Å². The van der Waals surface area contributed by atoms with Crippen molar-refractivity contribution in [3.05, 3.63) is 59.4 Å². The summed E-state index contributed by atoms with van der Waals surface area (Å²) in [4.78, 5) is 12.6. The Morgan fingerprint density at radius 1 is 1.07 bits per heavy atom. The van der Waals surface area contributed by atoms with Crippen LogP contribution in [0.5, 0.6) is 0 Å². The standard InChI is InChI=1S/C18H17F3N2O3S/c1-11-4-6-12(7-5-11)27(25,26)23-10-2-3-15(23)18(24)22-14-9-8-13(19)16(20)17(14)21/h4-9,15H,2-3,10H2,1H3,(H,22,24). The van der Waals surface area contributed by atoms with Gasteiger partial charge in [-0.05, 0) is 44.0 Å². The molecule has 0 radical (unpaired) electrons. The van der Waals surface area contributed by atoms with Gasteiger partial charge in [0.25, 0.3) is 0 Å². The van der Waals surface area contributed by atoms with Crippen LogP contribution in [-0.4, -0.2) is 31.2 Å². The molecule has 144 valence electrons. The Kier molecular flexibility index (Phi) is 5.25. The molecule has 1 saturated heterocycles. The van der Waals surface area contributed by atoms with Crippen LogP contribution < -0.4 is 5.32 Å². The molecule has 1 aliphatic rings. The Labute approximate surface area is 154 Å². The molecule has 1 unspecified atom stereocenters. The Morgan fingerprint density at radius 3 is 2.41 bits per heavy atom. The van der Waals surface area contributed by atoms with Crippen molar-refractivity contribution in [2.75, 3.05) is 11.9 Å². The molecular formula is C18H17F3N2O3S. The van der Waals surface area contributed by atoms with Gasteiger partial charge in [-0.25, -0.2) is 21.6 Å². The molecular weight excluding hydrogens is 381 g/mol. The molecule has 0 aromatic heterocycles. The number of carbonyl (C=O) groups is 1. The van der Waals surface area contributed by atoms with E-state index in [1.54, 1.807) is 12.1 Å². The van der Waals surface area contributed by atoms with Gasteiger partial charge in [-0.15, -0.1) is 0 Å². The predicted molar refractivity (Wildman–Crippen MR) is 93.0 cm³/mol. The molecule has 5 nitrogen and oxygen atoms in total. The third-order valence-corrected chi connectivity index (χ3v) is 6.35. The summed E-state index contributed by atoms with van der Waals surface area (Å²) in [6, 6.07) is 6.70. The van der Waals surface area contributed by atoms with E-state index in [0.29, 0.717) is 12.5 Å². The number of carbonyl (C=O) groups excluding carboxylic acids is 1. The summed E-state index contributed by atoms with van der Waals surface area (Å²) >= 11 is 0. The van der Waals surface area contributed by atoms with Gasteiger partial charge in [0, 0.05) is 6.54 Å². The molecule has 0 aliphatic carbocycles. The van der Waals surface area contributed by atoms with E-state index in [1.165, 1.54) is 12.1 Å². The number of hydrogen-bond donors (Lipinski definition) is 1. The fourth-order valence-electron chi connectivity index (χ4n) is 2.97. The van der Waals surface area contributed by atoms with Crippen LogP contribution in [0.2, 0.25) is 0 Å². The summed E-state index contributed by atoms with van der Waals surface area (Å²) in [5.41, 5.74) is 0.344. The Hall–Kier alpha value is -2.39. The molecule has 2 aromatic carbocycles. The average molecular weight is 398 g/mol. The summed E-state index contributed by atoms with van der Waals surface area (Å²) in [7, 11) is -3.92. The number of aryl methyl sites for hydroxylation is 1. The lowest BCUT2D eigenvalue weighted by Gasteiger charge is -2.23. The first-order valence-electron chi connectivity index (χ1n) is 8.24. The molecule has 9 heteroatoms. The highest BCUT2D eigenvalue weighted by molar-refractivity contribution is 7.89. The molecule has 2 aromatic rings. The van der Waals surface area contributed by atoms with Crippen molar-refractivity contribution in [1.29, 1.82) is 0 Å². The predicted octanol–water partition coefficient (Wildman–Crippen LogP) is 3.20. The maximum Gasteiger partial charge on any atom is 0.243 e. The van der Waals surface area contributed by atoms with E-state index in [0.717, 1.165) is 15.9 Å². The van der Waals surface area contributed by atoms with E-state index in [1.807, 2.05) is 6.92 Å². The topological polar surface area (TPSA) is 66.5 Å². The minimum Gasteiger partial charge on any atom is -0.322 e. The number of benzene rings is 2. The highest BCUT2D eigenvalue weighted by atomic mass is 32.2. The molecule has 3 rings (SSSR count). The second-order valence-electron chi connectivity index (χ2n) is 6.30. The monoisotopic (exact) mass is 398 g/mol. The maximum absolute atomic E-state index is 13.8. The van der Waals surface area contributed by atoms with Crippen molar-refractivity contribution >= 4 is 21.6 Å². The zero-order valence-corrected chi connectivity index (χ0v) is 15.2. The van der Waals surface area contributed by atoms with Gasteiger partial charge < -0.3 is 5.32 Å². The second kappa shape index (κ2) is 7.32. The smallest absolute Gasteiger partial charge is 0.243 e. The van der Waals surface area contributed by atoms with Gasteiger partial charge >= 0.3 is 0 Å². The largest absolute Gasteiger partial charge is 0.322 e. The molecule has 1 atom stereocenters. The number of anilines is 1. The fraction of sp³-hybridized carbons (Fsp3) is 0.278. The molecule has 1 N–H and O–H groups in total. The number of hydrogen-bond acceptors (Lipinski definition) is 3. The number of nitrogens with zero attached hydrogens (tertiary/aromatic N) is 1. The number of nitrogens with one attached hydrogen (secondary N) is 1. The normalized spacial score (nSPS) is 17.9. The first-order chi connectivity index (χ1) is 12.7. The number of sulfonamides is 1. The first kappa shape index (κ1) is 19.4. The Balaban J connectivity index is 1.85. The van der Waals surface area contributed by atoms with Crippen LogP contribution in [0, 0.1) is 24.4 Å². The van der Waals surface area contributed by atoms with Crippen molar-refractivity contribution in [2.45, 2.75) is 30.7 Å². The van der Waals surface area contributed by atoms with Gasteiger partial charge in [0.2, 0.25) is 15.9 Å². The molecule has 1 amide bonds. The summed E-state index contributed by atoms with van der Waals surface area (Å²) < 4.78 is 66.9. The van der Waals surface area contributed by atoms with Crippen molar-refractivity contribution < 1.29 is 26.4 Å². The third-order valence-electron chi connectivity index (χ3n) is 4.43. The molecule has 1 heterocycles. The van der Waals surface area contributed by atoms with E-state index in [-0.39, 0.29) is 17.9 Å². The quantitative estimate of drug-likeness (QED) is 0.805. The van der Waals surface area contributed by atoms with E-state index in [2.05, 4.69) is 5.32 Å². The Bertz CT molecular complexity index is 978. The molecule has 0 saturated carbocycles. The molecule has 0 spiro atoms. The van der Waals surface area contributed by atoms with Crippen molar-refractivity contribution in [3.8, 4) is 0 Å². The van der Waals surface area contributed by atoms with Crippen LogP contribution in [-0.2, 0) is 14.8 Å². The number of rotatable bonds is 4. The van der Waals surface area contributed by atoms with Crippen LogP contribution in [0.4, 0.5) is 18.9 Å². The second-order valence-corrected chi connectivity index (χ2v) is 8.19. The third kappa shape index (κ3) is 3.70. The summed E-state index contributed by atoms with van der Waals surface area (Å²) in [6.07, 6.45) is 0.686. The van der Waals surface area contributed by atoms with Crippen LogP contribution in [0.3, 0.4) is 0 Å². The highest BCUT2D eigenvalue weighted by Gasteiger charge is 2.39. The number of halogens is 3. The zero-order chi connectivity index (χ0) is 19.8. The van der Waals surface area contributed by atoms with E-state index in [9.17, 15) is 26.4 Å². The molecule has 1 fully saturated rings. The molecule has 0 bridgehead atoms. The summed E-state index contributed by atoms with van der Waals surface area (Å²) in [6.45, 7) is 1.95. The molecule has 27 heavy (non-hydrogen) atoms. The maximum atomic E-state index is 13.8. The first-order valence-corrected chi connectivity index (χ1v) is 9.68. The van der Waals surface area contributed by atoms with Gasteiger partial charge in [-0.2, -0.15) is 4.31 Å². The van der Waals surface area contributed by atoms with Gasteiger partial charge in [-0.1, -0.05) is 17.7 Å². The summed E-state index contributed by atoms with van der Waals surface area (Å²) in [5.74, 6) is -5.42. The van der Waals surface area contributed by atoms with Gasteiger partial charge in [0.1, 0.15) is 6.04 Å².